The minimum Gasteiger partial charge on any atom is -0.406 e. The van der Waals surface area contributed by atoms with Crippen molar-refractivity contribution in [1.29, 1.82) is 0 Å². The van der Waals surface area contributed by atoms with Gasteiger partial charge in [-0.15, -0.1) is 5.10 Å². The summed E-state index contributed by atoms with van der Waals surface area (Å²) in [5.74, 6) is 0. The number of nitro benzene ring substituents is 1. The molecule has 13 heteroatoms. The summed E-state index contributed by atoms with van der Waals surface area (Å²) in [5.41, 5.74) is 0.583. The van der Waals surface area contributed by atoms with Crippen LogP contribution in [0.15, 0.2) is 18.2 Å². The maximum atomic E-state index is 11.5. The molecular formula is C22H34N5O6PSi. The fourth-order valence-electron chi connectivity index (χ4n) is 3.70. The molecule has 0 amide bonds. The van der Waals surface area contributed by atoms with Crippen LogP contribution >= 0.6 is 8.38 Å². The number of non-ortho nitro benzene ring substituents is 1. The van der Waals surface area contributed by atoms with E-state index < -0.39 is 40.1 Å². The molecule has 1 aliphatic rings. The Morgan fingerprint density at radius 2 is 2.06 bits per heavy atom. The molecule has 5 atom stereocenters. The van der Waals surface area contributed by atoms with Gasteiger partial charge < -0.3 is 23.1 Å². The third-order valence-electron chi connectivity index (χ3n) is 6.59. The summed E-state index contributed by atoms with van der Waals surface area (Å²) in [4.78, 5) is 14.4. The second-order valence-corrected chi connectivity index (χ2v) is 16.1. The van der Waals surface area contributed by atoms with Gasteiger partial charge in [0.1, 0.15) is 18.8 Å². The first-order chi connectivity index (χ1) is 16.4. The van der Waals surface area contributed by atoms with Gasteiger partial charge >= 0.3 is 0 Å². The van der Waals surface area contributed by atoms with Gasteiger partial charge in [0.15, 0.2) is 28.4 Å². The standard InChI is InChI=1S/C22H34N5O6PSi/c1-9-17-19(32-34(6)30-14-13-23-5)20(33-35(7,8)22(2,3)4)21(31-17)26-15-11-10-12-16(27(28)29)18(15)24-25-26/h10-12,17,19-21H,9,13-14H2,1-4,6-8H3/t17-,19-,20-,21-,34?/m1/s1. The largest absolute Gasteiger partial charge is 0.406 e. The van der Waals surface area contributed by atoms with Crippen molar-refractivity contribution in [3.05, 3.63) is 39.7 Å². The molecule has 0 bridgehead atoms. The molecule has 11 nitrogen and oxygen atoms in total. The number of hydrogen-bond acceptors (Lipinski definition) is 8. The lowest BCUT2D eigenvalue weighted by Crippen LogP contribution is -2.49. The van der Waals surface area contributed by atoms with Crippen LogP contribution in [0.4, 0.5) is 5.69 Å². The van der Waals surface area contributed by atoms with Crippen LogP contribution < -0.4 is 0 Å². The van der Waals surface area contributed by atoms with Crippen molar-refractivity contribution in [3.63, 3.8) is 0 Å². The van der Waals surface area contributed by atoms with E-state index in [1.54, 1.807) is 16.8 Å². The van der Waals surface area contributed by atoms with Crippen molar-refractivity contribution in [1.82, 2.24) is 15.0 Å². The number of ether oxygens (including phenoxy) is 1. The maximum Gasteiger partial charge on any atom is 0.299 e. The summed E-state index contributed by atoms with van der Waals surface area (Å²) >= 11 is 0. The average Bonchev–Trinajstić information content (AvgIpc) is 3.34. The molecule has 0 N–H and O–H groups in total. The molecule has 1 aliphatic heterocycles. The Morgan fingerprint density at radius 1 is 1.34 bits per heavy atom. The molecule has 1 aromatic heterocycles. The van der Waals surface area contributed by atoms with Gasteiger partial charge in [-0.1, -0.05) is 39.0 Å². The highest BCUT2D eigenvalue weighted by Crippen LogP contribution is 2.47. The van der Waals surface area contributed by atoms with Crippen LogP contribution in [0.25, 0.3) is 15.9 Å². The molecule has 2 heterocycles. The van der Waals surface area contributed by atoms with Crippen molar-refractivity contribution < 1.29 is 23.1 Å². The Hall–Kier alpha value is -2.00. The first-order valence-corrected chi connectivity index (χ1v) is 16.1. The summed E-state index contributed by atoms with van der Waals surface area (Å²) in [7, 11) is -3.57. The van der Waals surface area contributed by atoms with Crippen molar-refractivity contribution in [3.8, 4) is 0 Å². The first kappa shape index (κ1) is 27.6. The van der Waals surface area contributed by atoms with Crippen molar-refractivity contribution in [2.24, 2.45) is 0 Å². The fraction of sp³-hybridized carbons (Fsp3) is 0.682. The number of fused-ring (bicyclic) bond motifs is 1. The van der Waals surface area contributed by atoms with Gasteiger partial charge in [0.25, 0.3) is 5.69 Å². The van der Waals surface area contributed by atoms with Crippen molar-refractivity contribution in [2.45, 2.75) is 76.8 Å². The lowest BCUT2D eigenvalue weighted by atomic mass is 10.1. The van der Waals surface area contributed by atoms with E-state index >= 15 is 0 Å². The molecule has 0 aliphatic carbocycles. The third kappa shape index (κ3) is 5.88. The molecule has 1 aromatic carbocycles. The predicted molar refractivity (Wildman–Crippen MR) is 136 cm³/mol. The quantitative estimate of drug-likeness (QED) is 0.103. The molecule has 2 aromatic rings. The van der Waals surface area contributed by atoms with Crippen LogP contribution in [0.2, 0.25) is 18.1 Å². The second kappa shape index (κ2) is 10.9. The number of hydrogen-bond donors (Lipinski definition) is 0. The van der Waals surface area contributed by atoms with E-state index in [0.29, 0.717) is 18.5 Å². The topological polar surface area (TPSA) is 115 Å². The first-order valence-electron chi connectivity index (χ1n) is 11.6. The second-order valence-electron chi connectivity index (χ2n) is 9.98. The molecule has 1 unspecified atom stereocenters. The van der Waals surface area contributed by atoms with Gasteiger partial charge in [-0.05, 0) is 30.6 Å². The summed E-state index contributed by atoms with van der Waals surface area (Å²) in [5, 5.41) is 19.8. The summed E-state index contributed by atoms with van der Waals surface area (Å²) in [6, 6.07) is 4.76. The summed E-state index contributed by atoms with van der Waals surface area (Å²) in [6.07, 6.45) is -1.29. The molecule has 3 rings (SSSR count). The van der Waals surface area contributed by atoms with Crippen LogP contribution in [0.3, 0.4) is 0 Å². The van der Waals surface area contributed by atoms with Crippen molar-refractivity contribution >= 4 is 33.4 Å². The zero-order valence-corrected chi connectivity index (χ0v) is 23.2. The molecule has 0 radical (unpaired) electrons. The SMILES string of the molecule is [C-]#[N+]CCOP(C)O[C@H]1[C@@H](O[Si](C)(C)C(C)(C)C)[C@H](n2nnc3c([N+](=O)[O-])cccc32)O[C@@H]1CC. The number of benzene rings is 1. The molecular weight excluding hydrogens is 489 g/mol. The Labute approximate surface area is 208 Å². The number of aromatic nitrogens is 3. The van der Waals surface area contributed by atoms with E-state index in [1.807, 2.05) is 13.6 Å². The molecule has 0 spiro atoms. The van der Waals surface area contributed by atoms with Crippen molar-refractivity contribution in [2.75, 3.05) is 19.8 Å². The van der Waals surface area contributed by atoms with Gasteiger partial charge in [0.05, 0.1) is 16.5 Å². The lowest BCUT2D eigenvalue weighted by Gasteiger charge is -2.40. The minimum atomic E-state index is -2.29. The monoisotopic (exact) mass is 523 g/mol. The summed E-state index contributed by atoms with van der Waals surface area (Å²) < 4.78 is 27.0. The van der Waals surface area contributed by atoms with E-state index in [2.05, 4.69) is 49.0 Å². The van der Waals surface area contributed by atoms with Crippen LogP contribution in [-0.2, 0) is 18.2 Å². The number of nitro groups is 1. The Morgan fingerprint density at radius 3 is 2.66 bits per heavy atom. The molecule has 1 fully saturated rings. The summed E-state index contributed by atoms with van der Waals surface area (Å²) in [6.45, 7) is 22.2. The molecule has 192 valence electrons. The molecule has 1 saturated heterocycles. The fourth-order valence-corrected chi connectivity index (χ4v) is 5.99. The van der Waals surface area contributed by atoms with Gasteiger partial charge in [0.2, 0.25) is 6.54 Å². The van der Waals surface area contributed by atoms with Gasteiger partial charge in [0, 0.05) is 12.7 Å². The van der Waals surface area contributed by atoms with E-state index in [0.717, 1.165) is 0 Å². The lowest BCUT2D eigenvalue weighted by molar-refractivity contribution is -0.383. The molecule has 0 saturated carbocycles. The van der Waals surface area contributed by atoms with Gasteiger partial charge in [-0.25, -0.2) is 11.3 Å². The highest BCUT2D eigenvalue weighted by atomic mass is 31.2. The highest BCUT2D eigenvalue weighted by Gasteiger charge is 2.52. The normalized spacial score (nSPS) is 23.9. The zero-order chi connectivity index (χ0) is 26.0. The Bertz CT molecular complexity index is 1080. The number of nitrogens with zero attached hydrogens (tertiary/aromatic N) is 5. The minimum absolute atomic E-state index is 0.0707. The van der Waals surface area contributed by atoms with E-state index in [4.69, 9.17) is 24.8 Å². The van der Waals surface area contributed by atoms with Crippen LogP contribution in [0, 0.1) is 16.7 Å². The molecule has 35 heavy (non-hydrogen) atoms. The average molecular weight is 524 g/mol. The van der Waals surface area contributed by atoms with E-state index in [1.165, 1.54) is 6.07 Å². The van der Waals surface area contributed by atoms with Crippen LogP contribution in [-0.4, -0.2) is 66.4 Å². The van der Waals surface area contributed by atoms with E-state index in [9.17, 15) is 10.1 Å². The third-order valence-corrected chi connectivity index (χ3v) is 12.2. The van der Waals surface area contributed by atoms with E-state index in [-0.39, 0.29) is 28.9 Å². The van der Waals surface area contributed by atoms with Crippen LogP contribution in [0.1, 0.15) is 40.3 Å². The predicted octanol–water partition coefficient (Wildman–Crippen LogP) is 5.30. The zero-order valence-electron chi connectivity index (χ0n) is 21.3. The highest BCUT2D eigenvalue weighted by molar-refractivity contribution is 7.46. The van der Waals surface area contributed by atoms with Gasteiger partial charge in [-0.2, -0.15) is 0 Å². The van der Waals surface area contributed by atoms with Gasteiger partial charge in [-0.3, -0.25) is 10.1 Å². The maximum absolute atomic E-state index is 11.5. The smallest absolute Gasteiger partial charge is 0.299 e. The number of rotatable bonds is 10. The Kier molecular flexibility index (Phi) is 8.63. The Balaban J connectivity index is 2.02. The van der Waals surface area contributed by atoms with Crippen LogP contribution in [0.5, 0.6) is 0 Å².